The van der Waals surface area contributed by atoms with Gasteiger partial charge in [-0.3, -0.25) is 10.4 Å². The zero-order chi connectivity index (χ0) is 14.1. The van der Waals surface area contributed by atoms with Gasteiger partial charge in [-0.15, -0.1) is 0 Å². The van der Waals surface area contributed by atoms with Crippen molar-refractivity contribution in [1.29, 1.82) is 0 Å². The average molecular weight is 270 g/mol. The van der Waals surface area contributed by atoms with Crippen LogP contribution in [0.2, 0.25) is 0 Å². The molecule has 0 radical (unpaired) electrons. The molecule has 0 aromatic carbocycles. The van der Waals surface area contributed by atoms with Crippen molar-refractivity contribution in [2.24, 2.45) is 16.3 Å². The first kappa shape index (κ1) is 16.2. The largest absolute Gasteiger partial charge is 0.382 e. The molecule has 1 rings (SSSR count). The molecule has 5 nitrogen and oxygen atoms in total. The summed E-state index contributed by atoms with van der Waals surface area (Å²) in [6.45, 7) is 11.0. The number of hydrazine groups is 1. The molecule has 0 atom stereocenters. The molecule has 1 fully saturated rings. The second-order valence-corrected chi connectivity index (χ2v) is 5.55. The third kappa shape index (κ3) is 5.37. The Hall–Kier alpha value is -0.810. The van der Waals surface area contributed by atoms with Gasteiger partial charge in [0.2, 0.25) is 5.96 Å². The number of rotatable bonds is 6. The van der Waals surface area contributed by atoms with Gasteiger partial charge >= 0.3 is 0 Å². The summed E-state index contributed by atoms with van der Waals surface area (Å²) in [5.41, 5.74) is 3.23. The lowest BCUT2D eigenvalue weighted by Gasteiger charge is -2.39. The van der Waals surface area contributed by atoms with E-state index in [0.717, 1.165) is 45.2 Å². The number of piperidine rings is 1. The SMILES string of the molecule is CCOCCCN=C(NN)N1CCC(C)(CC)CC1. The highest BCUT2D eigenvalue weighted by Crippen LogP contribution is 2.33. The normalized spacial score (nSPS) is 19.6. The molecule has 3 N–H and O–H groups in total. The van der Waals surface area contributed by atoms with E-state index in [2.05, 4.69) is 29.2 Å². The van der Waals surface area contributed by atoms with Crippen molar-refractivity contribution in [3.63, 3.8) is 0 Å². The van der Waals surface area contributed by atoms with Gasteiger partial charge in [0.25, 0.3) is 0 Å². The Bertz CT molecular complexity index is 273. The lowest BCUT2D eigenvalue weighted by molar-refractivity contribution is 0.146. The van der Waals surface area contributed by atoms with Gasteiger partial charge in [-0.05, 0) is 31.6 Å². The molecular formula is C14H30N4O. The highest BCUT2D eigenvalue weighted by atomic mass is 16.5. The van der Waals surface area contributed by atoms with Crippen LogP contribution in [0.15, 0.2) is 4.99 Å². The number of nitrogens with one attached hydrogen (secondary N) is 1. The van der Waals surface area contributed by atoms with Crippen LogP contribution in [-0.4, -0.2) is 43.7 Å². The van der Waals surface area contributed by atoms with Crippen molar-refractivity contribution < 1.29 is 4.74 Å². The van der Waals surface area contributed by atoms with Crippen LogP contribution >= 0.6 is 0 Å². The number of guanidine groups is 1. The molecule has 0 saturated carbocycles. The zero-order valence-electron chi connectivity index (χ0n) is 12.7. The van der Waals surface area contributed by atoms with Gasteiger partial charge in [-0.1, -0.05) is 20.3 Å². The van der Waals surface area contributed by atoms with Crippen LogP contribution in [0.1, 0.15) is 46.5 Å². The molecule has 0 aliphatic carbocycles. The van der Waals surface area contributed by atoms with Crippen molar-refractivity contribution in [3.05, 3.63) is 0 Å². The quantitative estimate of drug-likeness (QED) is 0.254. The molecule has 0 spiro atoms. The van der Waals surface area contributed by atoms with E-state index < -0.39 is 0 Å². The fourth-order valence-corrected chi connectivity index (χ4v) is 2.34. The van der Waals surface area contributed by atoms with E-state index >= 15 is 0 Å². The summed E-state index contributed by atoms with van der Waals surface area (Å²) in [5.74, 6) is 6.42. The highest BCUT2D eigenvalue weighted by molar-refractivity contribution is 5.79. The predicted molar refractivity (Wildman–Crippen MR) is 79.9 cm³/mol. The zero-order valence-corrected chi connectivity index (χ0v) is 12.7. The van der Waals surface area contributed by atoms with Gasteiger partial charge in [-0.2, -0.15) is 0 Å². The summed E-state index contributed by atoms with van der Waals surface area (Å²) >= 11 is 0. The van der Waals surface area contributed by atoms with Gasteiger partial charge < -0.3 is 9.64 Å². The van der Waals surface area contributed by atoms with Crippen LogP contribution in [0.5, 0.6) is 0 Å². The van der Waals surface area contributed by atoms with Crippen LogP contribution in [0.3, 0.4) is 0 Å². The molecule has 1 aliphatic rings. The first-order chi connectivity index (χ1) is 9.15. The third-order valence-corrected chi connectivity index (χ3v) is 4.17. The minimum atomic E-state index is 0.491. The van der Waals surface area contributed by atoms with Crippen LogP contribution in [0.25, 0.3) is 0 Å². The molecule has 19 heavy (non-hydrogen) atoms. The third-order valence-electron chi connectivity index (χ3n) is 4.17. The molecule has 0 bridgehead atoms. The summed E-state index contributed by atoms with van der Waals surface area (Å²) in [7, 11) is 0. The molecule has 1 heterocycles. The second kappa shape index (κ2) is 8.38. The van der Waals surface area contributed by atoms with E-state index in [1.54, 1.807) is 0 Å². The fourth-order valence-electron chi connectivity index (χ4n) is 2.34. The molecule has 1 saturated heterocycles. The van der Waals surface area contributed by atoms with Crippen LogP contribution in [0, 0.1) is 5.41 Å². The molecule has 0 unspecified atom stereocenters. The number of hydrogen-bond donors (Lipinski definition) is 2. The minimum absolute atomic E-state index is 0.491. The van der Waals surface area contributed by atoms with E-state index in [4.69, 9.17) is 10.6 Å². The number of nitrogens with zero attached hydrogens (tertiary/aromatic N) is 2. The Kier molecular flexibility index (Phi) is 7.16. The Morgan fingerprint density at radius 3 is 2.58 bits per heavy atom. The van der Waals surface area contributed by atoms with Crippen molar-refractivity contribution in [1.82, 2.24) is 10.3 Å². The minimum Gasteiger partial charge on any atom is -0.382 e. The highest BCUT2D eigenvalue weighted by Gasteiger charge is 2.29. The summed E-state index contributed by atoms with van der Waals surface area (Å²) < 4.78 is 5.30. The summed E-state index contributed by atoms with van der Waals surface area (Å²) in [6, 6.07) is 0. The van der Waals surface area contributed by atoms with Crippen LogP contribution in [0.4, 0.5) is 0 Å². The average Bonchev–Trinajstić information content (AvgIpc) is 2.44. The second-order valence-electron chi connectivity index (χ2n) is 5.55. The molecular weight excluding hydrogens is 240 g/mol. The molecule has 0 aromatic rings. The van der Waals surface area contributed by atoms with Gasteiger partial charge in [0.05, 0.1) is 0 Å². The van der Waals surface area contributed by atoms with Crippen molar-refractivity contribution >= 4 is 5.96 Å². The molecule has 0 aromatic heterocycles. The van der Waals surface area contributed by atoms with E-state index in [1.165, 1.54) is 19.3 Å². The van der Waals surface area contributed by atoms with Crippen molar-refractivity contribution in [2.45, 2.75) is 46.5 Å². The summed E-state index contributed by atoms with van der Waals surface area (Å²) in [4.78, 5) is 6.80. The number of nitrogens with two attached hydrogens (primary N) is 1. The Morgan fingerprint density at radius 1 is 1.37 bits per heavy atom. The smallest absolute Gasteiger partial charge is 0.208 e. The molecule has 0 amide bonds. The molecule has 5 heteroatoms. The maximum atomic E-state index is 5.59. The molecule has 112 valence electrons. The number of ether oxygens (including phenoxy) is 1. The first-order valence-electron chi connectivity index (χ1n) is 7.49. The number of hydrogen-bond acceptors (Lipinski definition) is 3. The standard InChI is InChI=1S/C14H30N4O/c1-4-14(3)7-10-18(11-8-14)13(17-15)16-9-6-12-19-5-2/h4-12,15H2,1-3H3,(H,16,17). The maximum Gasteiger partial charge on any atom is 0.208 e. The van der Waals surface area contributed by atoms with Crippen LogP contribution < -0.4 is 11.3 Å². The van der Waals surface area contributed by atoms with E-state index in [-0.39, 0.29) is 0 Å². The summed E-state index contributed by atoms with van der Waals surface area (Å²) in [5, 5.41) is 0. The predicted octanol–water partition coefficient (Wildman–Crippen LogP) is 1.74. The molecule has 1 aliphatic heterocycles. The van der Waals surface area contributed by atoms with Crippen molar-refractivity contribution in [2.75, 3.05) is 32.8 Å². The first-order valence-corrected chi connectivity index (χ1v) is 7.49. The van der Waals surface area contributed by atoms with E-state index in [0.29, 0.717) is 5.41 Å². The van der Waals surface area contributed by atoms with E-state index in [9.17, 15) is 0 Å². The van der Waals surface area contributed by atoms with Gasteiger partial charge in [0.1, 0.15) is 0 Å². The lowest BCUT2D eigenvalue weighted by atomic mass is 9.78. The Balaban J connectivity index is 2.37. The fraction of sp³-hybridized carbons (Fsp3) is 0.929. The number of aliphatic imine (C=N–C) groups is 1. The van der Waals surface area contributed by atoms with Crippen molar-refractivity contribution in [3.8, 4) is 0 Å². The van der Waals surface area contributed by atoms with Gasteiger partial charge in [0, 0.05) is 32.8 Å². The topological polar surface area (TPSA) is 62.9 Å². The maximum absolute atomic E-state index is 5.59. The van der Waals surface area contributed by atoms with Gasteiger partial charge in [0.15, 0.2) is 0 Å². The Morgan fingerprint density at radius 2 is 2.05 bits per heavy atom. The Labute approximate surface area is 117 Å². The van der Waals surface area contributed by atoms with Gasteiger partial charge in [-0.25, -0.2) is 5.84 Å². The lowest BCUT2D eigenvalue weighted by Crippen LogP contribution is -2.49. The van der Waals surface area contributed by atoms with E-state index in [1.807, 2.05) is 6.92 Å². The van der Waals surface area contributed by atoms with Crippen LogP contribution in [-0.2, 0) is 4.74 Å². The number of likely N-dealkylation sites (tertiary alicyclic amines) is 1. The monoisotopic (exact) mass is 270 g/mol. The summed E-state index contributed by atoms with van der Waals surface area (Å²) in [6.07, 6.45) is 4.61.